The lowest BCUT2D eigenvalue weighted by Crippen LogP contribution is -2.01. The van der Waals surface area contributed by atoms with Gasteiger partial charge in [0.1, 0.15) is 0 Å². The topological polar surface area (TPSA) is 53.5 Å². The fourth-order valence-electron chi connectivity index (χ4n) is 10.6. The van der Waals surface area contributed by atoms with Crippen LogP contribution in [0, 0.1) is 0 Å². The summed E-state index contributed by atoms with van der Waals surface area (Å²) in [5.74, 6) is 1.91. The van der Waals surface area contributed by atoms with Crippen LogP contribution in [0.15, 0.2) is 243 Å². The minimum absolute atomic E-state index is 0.627. The van der Waals surface area contributed by atoms with Gasteiger partial charge in [-0.1, -0.05) is 170 Å². The maximum absolute atomic E-state index is 5.02. The van der Waals surface area contributed by atoms with Crippen LogP contribution in [0.5, 0.6) is 0 Å². The molecule has 14 aromatic rings. The van der Waals surface area contributed by atoms with Crippen LogP contribution in [0.3, 0.4) is 0 Å². The fourth-order valence-corrected chi connectivity index (χ4v) is 10.6. The molecule has 0 aliphatic rings. The molecule has 0 aliphatic carbocycles. The van der Waals surface area contributed by atoms with Crippen molar-refractivity contribution in [2.75, 3.05) is 0 Å². The van der Waals surface area contributed by atoms with Crippen LogP contribution in [0.2, 0.25) is 0 Å². The quantitative estimate of drug-likeness (QED) is 0.160. The van der Waals surface area contributed by atoms with Crippen molar-refractivity contribution in [1.29, 1.82) is 0 Å². The Hall–Kier alpha value is -9.39. The molecule has 0 N–H and O–H groups in total. The largest absolute Gasteiger partial charge is 0.309 e. The first-order valence-corrected chi connectivity index (χ1v) is 23.4. The van der Waals surface area contributed by atoms with Crippen molar-refractivity contribution in [1.82, 2.24) is 28.7 Å². The van der Waals surface area contributed by atoms with Gasteiger partial charge in [-0.15, -0.1) is 0 Å². The molecule has 0 unspecified atom stereocenters. The van der Waals surface area contributed by atoms with Gasteiger partial charge in [-0.3, -0.25) is 0 Å². The number of benzene rings is 10. The Morgan fingerprint density at radius 3 is 1.25 bits per heavy atom. The number of hydrogen-bond donors (Lipinski definition) is 0. The molecular weight excluding hydrogens is 841 g/mol. The molecule has 0 saturated heterocycles. The van der Waals surface area contributed by atoms with Crippen LogP contribution < -0.4 is 0 Å². The maximum Gasteiger partial charge on any atom is 0.164 e. The van der Waals surface area contributed by atoms with Gasteiger partial charge < -0.3 is 13.7 Å². The highest BCUT2D eigenvalue weighted by Crippen LogP contribution is 2.43. The molecule has 4 heterocycles. The Kier molecular flexibility index (Phi) is 8.79. The number of nitrogens with zero attached hydrogens (tertiary/aromatic N) is 6. The molecule has 4 aromatic heterocycles. The van der Waals surface area contributed by atoms with Crippen molar-refractivity contribution in [3.63, 3.8) is 0 Å². The summed E-state index contributed by atoms with van der Waals surface area (Å²) in [5.41, 5.74) is 15.4. The molecule has 14 rings (SSSR count). The van der Waals surface area contributed by atoms with E-state index in [1.165, 1.54) is 48.9 Å². The van der Waals surface area contributed by atoms with Crippen LogP contribution in [0.25, 0.3) is 128 Å². The van der Waals surface area contributed by atoms with Gasteiger partial charge in [0.15, 0.2) is 17.5 Å². The molecule has 6 nitrogen and oxygen atoms in total. The van der Waals surface area contributed by atoms with E-state index in [1.54, 1.807) is 0 Å². The molecule has 0 bridgehead atoms. The number of rotatable bonds is 7. The lowest BCUT2D eigenvalue weighted by atomic mass is 10.00. The monoisotopic (exact) mass is 880 g/mol. The van der Waals surface area contributed by atoms with Crippen LogP contribution in [-0.2, 0) is 0 Å². The highest BCUT2D eigenvalue weighted by molar-refractivity contribution is 6.17. The second-order valence-corrected chi connectivity index (χ2v) is 17.6. The number of para-hydroxylation sites is 6. The summed E-state index contributed by atoms with van der Waals surface area (Å²) in [6.07, 6.45) is 0. The van der Waals surface area contributed by atoms with E-state index in [2.05, 4.69) is 196 Å². The summed E-state index contributed by atoms with van der Waals surface area (Å²) in [5, 5.41) is 7.28. The molecular formula is C63H40N6. The number of fused-ring (bicyclic) bond motifs is 9. The van der Waals surface area contributed by atoms with Crippen molar-refractivity contribution in [3.8, 4) is 62.4 Å². The third kappa shape index (κ3) is 6.16. The summed E-state index contributed by atoms with van der Waals surface area (Å²) in [6.45, 7) is 0. The van der Waals surface area contributed by atoms with Gasteiger partial charge in [0.25, 0.3) is 0 Å². The van der Waals surface area contributed by atoms with Gasteiger partial charge in [0.2, 0.25) is 0 Å². The molecule has 322 valence electrons. The standard InChI is InChI=1S/C63H40N6/c1-4-18-41(19-5-1)61-64-62(42-20-6-2-7-21-42)66-63(65-61)43-34-37-46(38-35-43)67-54-30-13-10-24-48(54)51-28-16-27-47(59(51)67)44-36-39-57-53(40-44)50-26-12-15-32-56(50)69(57)58-33-17-29-52-49-25-11-14-31-55(49)68(60(52)58)45-22-8-3-9-23-45/h1-40H. The highest BCUT2D eigenvalue weighted by Gasteiger charge is 2.22. The second-order valence-electron chi connectivity index (χ2n) is 17.6. The van der Waals surface area contributed by atoms with Crippen molar-refractivity contribution >= 4 is 65.4 Å². The Bertz CT molecular complexity index is 4220. The predicted molar refractivity (Wildman–Crippen MR) is 285 cm³/mol. The van der Waals surface area contributed by atoms with E-state index < -0.39 is 0 Å². The van der Waals surface area contributed by atoms with E-state index in [9.17, 15) is 0 Å². The SMILES string of the molecule is c1ccc(-c2nc(-c3ccccc3)nc(-c3ccc(-n4c5ccccc5c5cccc(-c6ccc7c(c6)c6ccccc6n7-c6cccc7c8ccccc8n(-c8ccccc8)c67)c54)cc3)n2)cc1. The molecule has 0 amide bonds. The Morgan fingerprint density at radius 1 is 0.246 bits per heavy atom. The van der Waals surface area contributed by atoms with Gasteiger partial charge in [0.05, 0.1) is 38.8 Å². The zero-order valence-electron chi connectivity index (χ0n) is 37.3. The lowest BCUT2D eigenvalue weighted by molar-refractivity contribution is 1.07. The average Bonchev–Trinajstić information content (AvgIpc) is 4.07. The summed E-state index contributed by atoms with van der Waals surface area (Å²) in [6, 6.07) is 86.4. The van der Waals surface area contributed by atoms with Crippen LogP contribution in [-0.4, -0.2) is 28.7 Å². The van der Waals surface area contributed by atoms with Crippen molar-refractivity contribution in [2.24, 2.45) is 0 Å². The first kappa shape index (κ1) is 38.8. The van der Waals surface area contributed by atoms with Gasteiger partial charge in [-0.25, -0.2) is 15.0 Å². The zero-order valence-corrected chi connectivity index (χ0v) is 37.3. The summed E-state index contributed by atoms with van der Waals surface area (Å²) >= 11 is 0. The molecule has 0 fully saturated rings. The Balaban J connectivity index is 0.943. The smallest absolute Gasteiger partial charge is 0.164 e. The van der Waals surface area contributed by atoms with Crippen molar-refractivity contribution in [3.05, 3.63) is 243 Å². The Morgan fingerprint density at radius 2 is 0.652 bits per heavy atom. The van der Waals surface area contributed by atoms with Crippen molar-refractivity contribution in [2.45, 2.75) is 0 Å². The van der Waals surface area contributed by atoms with Gasteiger partial charge in [-0.05, 0) is 78.4 Å². The fraction of sp³-hybridized carbons (Fsp3) is 0. The van der Waals surface area contributed by atoms with E-state index in [0.717, 1.165) is 61.4 Å². The summed E-state index contributed by atoms with van der Waals surface area (Å²) in [7, 11) is 0. The molecule has 6 heteroatoms. The molecule has 10 aromatic carbocycles. The molecule has 0 atom stereocenters. The van der Waals surface area contributed by atoms with E-state index in [1.807, 2.05) is 60.7 Å². The van der Waals surface area contributed by atoms with Crippen LogP contribution in [0.4, 0.5) is 0 Å². The second kappa shape index (κ2) is 15.6. The number of aromatic nitrogens is 6. The molecule has 0 saturated carbocycles. The van der Waals surface area contributed by atoms with Crippen molar-refractivity contribution < 1.29 is 0 Å². The van der Waals surface area contributed by atoms with Crippen LogP contribution >= 0.6 is 0 Å². The van der Waals surface area contributed by atoms with Gasteiger partial charge >= 0.3 is 0 Å². The molecule has 69 heavy (non-hydrogen) atoms. The minimum atomic E-state index is 0.627. The number of hydrogen-bond acceptors (Lipinski definition) is 3. The maximum atomic E-state index is 5.02. The first-order chi connectivity index (χ1) is 34.2. The minimum Gasteiger partial charge on any atom is -0.309 e. The molecule has 0 radical (unpaired) electrons. The summed E-state index contributed by atoms with van der Waals surface area (Å²) < 4.78 is 7.31. The zero-order chi connectivity index (χ0) is 45.4. The molecule has 0 aliphatic heterocycles. The normalized spacial score (nSPS) is 11.8. The predicted octanol–water partition coefficient (Wildman–Crippen LogP) is 15.8. The van der Waals surface area contributed by atoms with E-state index >= 15 is 0 Å². The Labute approximate surface area is 397 Å². The third-order valence-electron chi connectivity index (χ3n) is 13.7. The third-order valence-corrected chi connectivity index (χ3v) is 13.7. The van der Waals surface area contributed by atoms with Gasteiger partial charge in [-0.2, -0.15) is 0 Å². The van der Waals surface area contributed by atoms with E-state index in [-0.39, 0.29) is 0 Å². The highest BCUT2D eigenvalue weighted by atomic mass is 15.1. The first-order valence-electron chi connectivity index (χ1n) is 23.4. The summed E-state index contributed by atoms with van der Waals surface area (Å²) in [4.78, 5) is 15.0. The van der Waals surface area contributed by atoms with E-state index in [0.29, 0.717) is 17.5 Å². The lowest BCUT2D eigenvalue weighted by Gasteiger charge is -2.15. The van der Waals surface area contributed by atoms with E-state index in [4.69, 9.17) is 15.0 Å². The molecule has 0 spiro atoms. The van der Waals surface area contributed by atoms with Crippen LogP contribution in [0.1, 0.15) is 0 Å². The van der Waals surface area contributed by atoms with Gasteiger partial charge in [0, 0.05) is 65.9 Å². The average molecular weight is 881 g/mol.